The van der Waals surface area contributed by atoms with Gasteiger partial charge >= 0.3 is 10.2 Å². The number of anilines is 1. The van der Waals surface area contributed by atoms with Crippen molar-refractivity contribution >= 4 is 15.9 Å². The molecule has 6 nitrogen and oxygen atoms in total. The largest absolute Gasteiger partial charge is 0.492 e. The lowest BCUT2D eigenvalue weighted by Gasteiger charge is -2.14. The molecule has 7 heteroatoms. The Balaban J connectivity index is 2.79. The van der Waals surface area contributed by atoms with Gasteiger partial charge in [-0.1, -0.05) is 6.07 Å². The Hall–Kier alpha value is -1.31. The number of nitrogens with two attached hydrogens (primary N) is 1. The predicted octanol–water partition coefficient (Wildman–Crippen LogP) is 0.242. The Bertz CT molecular complexity index is 460. The van der Waals surface area contributed by atoms with Crippen LogP contribution in [0.3, 0.4) is 0 Å². The molecule has 96 valence electrons. The Morgan fingerprint density at radius 1 is 1.41 bits per heavy atom. The van der Waals surface area contributed by atoms with Gasteiger partial charge in [0.1, 0.15) is 12.4 Å². The summed E-state index contributed by atoms with van der Waals surface area (Å²) in [5, 5.41) is 0. The number of nitrogens with one attached hydrogen (secondary N) is 1. The van der Waals surface area contributed by atoms with E-state index in [9.17, 15) is 8.42 Å². The highest BCUT2D eigenvalue weighted by Crippen LogP contribution is 2.18. The summed E-state index contributed by atoms with van der Waals surface area (Å²) >= 11 is 0. The van der Waals surface area contributed by atoms with E-state index in [1.807, 2.05) is 0 Å². The third-order valence-electron chi connectivity index (χ3n) is 1.95. The molecule has 0 spiro atoms. The van der Waals surface area contributed by atoms with E-state index in [1.54, 1.807) is 24.3 Å². The Kier molecular flexibility index (Phi) is 4.73. The number of benzene rings is 1. The summed E-state index contributed by atoms with van der Waals surface area (Å²) in [7, 11) is -0.575. The van der Waals surface area contributed by atoms with E-state index in [2.05, 4.69) is 4.72 Å². The standard InChI is InChI=1S/C10H17N3O3S/c1-13(2)17(14,15)12-9-4-3-5-10(8-9)16-7-6-11/h3-5,8,12H,6-7,11H2,1-2H3. The van der Waals surface area contributed by atoms with Gasteiger partial charge in [-0.15, -0.1) is 0 Å². The van der Waals surface area contributed by atoms with Gasteiger partial charge in [0.25, 0.3) is 0 Å². The molecule has 0 aliphatic heterocycles. The van der Waals surface area contributed by atoms with E-state index in [0.717, 1.165) is 4.31 Å². The van der Waals surface area contributed by atoms with Crippen molar-refractivity contribution in [3.8, 4) is 5.75 Å². The zero-order chi connectivity index (χ0) is 12.9. The maximum Gasteiger partial charge on any atom is 0.301 e. The molecule has 0 aliphatic carbocycles. The minimum absolute atomic E-state index is 0.393. The Morgan fingerprint density at radius 2 is 2.12 bits per heavy atom. The fourth-order valence-corrected chi connectivity index (χ4v) is 1.67. The van der Waals surface area contributed by atoms with Crippen LogP contribution in [0.2, 0.25) is 0 Å². The van der Waals surface area contributed by atoms with Gasteiger partial charge in [0.15, 0.2) is 0 Å². The van der Waals surface area contributed by atoms with Gasteiger partial charge in [0.05, 0.1) is 5.69 Å². The number of hydrogen-bond donors (Lipinski definition) is 2. The summed E-state index contributed by atoms with van der Waals surface area (Å²) in [5.74, 6) is 0.578. The monoisotopic (exact) mass is 259 g/mol. The number of ether oxygens (including phenoxy) is 1. The van der Waals surface area contributed by atoms with Crippen molar-refractivity contribution in [3.05, 3.63) is 24.3 Å². The molecule has 0 aromatic heterocycles. The van der Waals surface area contributed by atoms with Crippen molar-refractivity contribution in [2.75, 3.05) is 32.0 Å². The minimum Gasteiger partial charge on any atom is -0.492 e. The summed E-state index contributed by atoms with van der Waals surface area (Å²) in [6.45, 7) is 0.803. The van der Waals surface area contributed by atoms with Crippen molar-refractivity contribution in [2.45, 2.75) is 0 Å². The summed E-state index contributed by atoms with van der Waals surface area (Å²) in [6, 6.07) is 6.70. The first-order chi connectivity index (χ1) is 7.95. The normalized spacial score (nSPS) is 11.5. The lowest BCUT2D eigenvalue weighted by Crippen LogP contribution is -2.28. The second-order valence-electron chi connectivity index (χ2n) is 3.55. The molecule has 0 radical (unpaired) electrons. The predicted molar refractivity (Wildman–Crippen MR) is 67.2 cm³/mol. The average molecular weight is 259 g/mol. The summed E-state index contributed by atoms with van der Waals surface area (Å²) in [6.07, 6.45) is 0. The molecular weight excluding hydrogens is 242 g/mol. The molecule has 1 rings (SSSR count). The topological polar surface area (TPSA) is 84.7 Å². The molecule has 17 heavy (non-hydrogen) atoms. The highest BCUT2D eigenvalue weighted by atomic mass is 32.2. The van der Waals surface area contributed by atoms with Crippen molar-refractivity contribution in [3.63, 3.8) is 0 Å². The van der Waals surface area contributed by atoms with Crippen LogP contribution in [0.1, 0.15) is 0 Å². The van der Waals surface area contributed by atoms with Gasteiger partial charge < -0.3 is 10.5 Å². The zero-order valence-electron chi connectivity index (χ0n) is 9.88. The van der Waals surface area contributed by atoms with Crippen LogP contribution in [0.25, 0.3) is 0 Å². The van der Waals surface area contributed by atoms with Crippen molar-refractivity contribution in [1.29, 1.82) is 0 Å². The third-order valence-corrected chi connectivity index (χ3v) is 3.40. The van der Waals surface area contributed by atoms with Gasteiger partial charge in [-0.05, 0) is 12.1 Å². The Morgan fingerprint density at radius 3 is 2.71 bits per heavy atom. The molecular formula is C10H17N3O3S. The van der Waals surface area contributed by atoms with Crippen LogP contribution < -0.4 is 15.2 Å². The maximum atomic E-state index is 11.6. The molecule has 1 aromatic carbocycles. The molecule has 0 fully saturated rings. The fraction of sp³-hybridized carbons (Fsp3) is 0.400. The summed E-state index contributed by atoms with van der Waals surface area (Å²) in [5.41, 5.74) is 5.76. The van der Waals surface area contributed by atoms with Gasteiger partial charge in [0, 0.05) is 26.7 Å². The van der Waals surface area contributed by atoms with Crippen LogP contribution in [-0.4, -0.2) is 40.0 Å². The van der Waals surface area contributed by atoms with Gasteiger partial charge in [0.2, 0.25) is 0 Å². The number of rotatable bonds is 6. The van der Waals surface area contributed by atoms with Crippen molar-refractivity contribution < 1.29 is 13.2 Å². The first-order valence-corrected chi connectivity index (χ1v) is 6.53. The average Bonchev–Trinajstić information content (AvgIpc) is 2.26. The molecule has 0 heterocycles. The van der Waals surface area contributed by atoms with E-state index in [4.69, 9.17) is 10.5 Å². The molecule has 1 aromatic rings. The molecule has 0 aliphatic rings. The SMILES string of the molecule is CN(C)S(=O)(=O)Nc1cccc(OCCN)c1. The van der Waals surface area contributed by atoms with Gasteiger partial charge in [-0.2, -0.15) is 12.7 Å². The van der Waals surface area contributed by atoms with Crippen LogP contribution in [0.5, 0.6) is 5.75 Å². The second-order valence-corrected chi connectivity index (χ2v) is 5.44. The molecule has 0 atom stereocenters. The van der Waals surface area contributed by atoms with Gasteiger partial charge in [-0.25, -0.2) is 0 Å². The van der Waals surface area contributed by atoms with E-state index in [0.29, 0.717) is 24.6 Å². The van der Waals surface area contributed by atoms with E-state index >= 15 is 0 Å². The molecule has 0 amide bonds. The molecule has 3 N–H and O–H groups in total. The summed E-state index contributed by atoms with van der Waals surface area (Å²) < 4.78 is 32.0. The van der Waals surface area contributed by atoms with Crippen LogP contribution in [0, 0.1) is 0 Å². The molecule has 0 bridgehead atoms. The van der Waals surface area contributed by atoms with E-state index < -0.39 is 10.2 Å². The minimum atomic E-state index is -3.49. The van der Waals surface area contributed by atoms with Crippen LogP contribution >= 0.6 is 0 Å². The quantitative estimate of drug-likeness (QED) is 0.766. The zero-order valence-corrected chi connectivity index (χ0v) is 10.7. The first-order valence-electron chi connectivity index (χ1n) is 5.09. The number of hydrogen-bond acceptors (Lipinski definition) is 4. The lowest BCUT2D eigenvalue weighted by atomic mass is 10.3. The highest BCUT2D eigenvalue weighted by molar-refractivity contribution is 7.90. The smallest absolute Gasteiger partial charge is 0.301 e. The third kappa shape index (κ3) is 4.22. The second kappa shape index (κ2) is 5.85. The van der Waals surface area contributed by atoms with E-state index in [1.165, 1.54) is 14.1 Å². The van der Waals surface area contributed by atoms with Crippen molar-refractivity contribution in [2.24, 2.45) is 5.73 Å². The van der Waals surface area contributed by atoms with Crippen LogP contribution in [-0.2, 0) is 10.2 Å². The van der Waals surface area contributed by atoms with E-state index in [-0.39, 0.29) is 0 Å². The number of nitrogens with zero attached hydrogens (tertiary/aromatic N) is 1. The molecule has 0 unspecified atom stereocenters. The maximum absolute atomic E-state index is 11.6. The van der Waals surface area contributed by atoms with Gasteiger partial charge in [-0.3, -0.25) is 4.72 Å². The highest BCUT2D eigenvalue weighted by Gasteiger charge is 2.12. The molecule has 0 saturated heterocycles. The van der Waals surface area contributed by atoms with Crippen LogP contribution in [0.15, 0.2) is 24.3 Å². The first kappa shape index (κ1) is 13.8. The Labute approximate surface area is 102 Å². The van der Waals surface area contributed by atoms with Crippen LogP contribution in [0.4, 0.5) is 5.69 Å². The lowest BCUT2D eigenvalue weighted by molar-refractivity contribution is 0.328. The summed E-state index contributed by atoms with van der Waals surface area (Å²) in [4.78, 5) is 0. The fourth-order valence-electron chi connectivity index (χ4n) is 1.07. The van der Waals surface area contributed by atoms with Crippen molar-refractivity contribution in [1.82, 2.24) is 4.31 Å². The molecule has 0 saturated carbocycles.